The van der Waals surface area contributed by atoms with Gasteiger partial charge in [0.1, 0.15) is 11.9 Å². The standard InChI is InChI=1S/C25H29FN2O2/c1-25(2)14-18-8-7-17(19-5-3-4-6-21(19)26)13-20(18)23(25)27-24(29)30-22-15-28-11-9-16(22)10-12-28/h3-8,13,16,22-23H,9-12,14-15H2,1-2H3,(H,27,29)/t22-,23?/m1/s1. The van der Waals surface area contributed by atoms with Crippen LogP contribution < -0.4 is 5.32 Å². The lowest BCUT2D eigenvalue weighted by molar-refractivity contribution is -0.0348. The van der Waals surface area contributed by atoms with Crippen molar-refractivity contribution in [1.29, 1.82) is 0 Å². The molecule has 3 fully saturated rings. The molecule has 0 aromatic heterocycles. The Morgan fingerprint density at radius 1 is 1.17 bits per heavy atom. The molecule has 0 radical (unpaired) electrons. The average molecular weight is 409 g/mol. The van der Waals surface area contributed by atoms with Crippen LogP contribution in [0.5, 0.6) is 0 Å². The Kier molecular flexibility index (Phi) is 4.81. The van der Waals surface area contributed by atoms with Crippen LogP contribution in [-0.4, -0.2) is 36.7 Å². The van der Waals surface area contributed by atoms with Gasteiger partial charge in [-0.15, -0.1) is 0 Å². The monoisotopic (exact) mass is 408 g/mol. The van der Waals surface area contributed by atoms with Crippen LogP contribution in [0.1, 0.15) is 43.9 Å². The van der Waals surface area contributed by atoms with Gasteiger partial charge in [0.25, 0.3) is 0 Å². The molecule has 2 aromatic carbocycles. The number of rotatable bonds is 3. The lowest BCUT2D eigenvalue weighted by atomic mass is 9.85. The van der Waals surface area contributed by atoms with E-state index in [1.165, 1.54) is 11.6 Å². The molecule has 1 amide bonds. The number of amides is 1. The number of ether oxygens (including phenoxy) is 1. The van der Waals surface area contributed by atoms with Gasteiger partial charge < -0.3 is 10.1 Å². The summed E-state index contributed by atoms with van der Waals surface area (Å²) < 4.78 is 20.2. The molecule has 1 N–H and O–H groups in total. The summed E-state index contributed by atoms with van der Waals surface area (Å²) in [6, 6.07) is 12.7. The van der Waals surface area contributed by atoms with Crippen molar-refractivity contribution in [3.05, 3.63) is 59.4 Å². The maximum Gasteiger partial charge on any atom is 0.407 e. The quantitative estimate of drug-likeness (QED) is 0.782. The first-order chi connectivity index (χ1) is 14.4. The summed E-state index contributed by atoms with van der Waals surface area (Å²) in [6.07, 6.45) is 2.74. The maximum absolute atomic E-state index is 14.3. The summed E-state index contributed by atoms with van der Waals surface area (Å²) in [5.41, 5.74) is 3.55. The maximum atomic E-state index is 14.3. The number of carbonyl (C=O) groups excluding carboxylic acids is 1. The van der Waals surface area contributed by atoms with Crippen molar-refractivity contribution in [3.8, 4) is 11.1 Å². The SMILES string of the molecule is CC1(C)Cc2ccc(-c3ccccc3F)cc2C1NC(=O)O[C@@H]1CN2CCC1CC2. The zero-order valence-electron chi connectivity index (χ0n) is 17.7. The van der Waals surface area contributed by atoms with Gasteiger partial charge in [0.15, 0.2) is 0 Å². The molecule has 30 heavy (non-hydrogen) atoms. The first-order valence-electron chi connectivity index (χ1n) is 11.0. The topological polar surface area (TPSA) is 41.6 Å². The number of halogens is 1. The predicted octanol–water partition coefficient (Wildman–Crippen LogP) is 4.94. The number of nitrogens with zero attached hydrogens (tertiary/aromatic N) is 1. The number of nitrogens with one attached hydrogen (secondary N) is 1. The van der Waals surface area contributed by atoms with Crippen molar-refractivity contribution in [3.63, 3.8) is 0 Å². The van der Waals surface area contributed by atoms with Crippen LogP contribution in [0.15, 0.2) is 42.5 Å². The molecule has 1 aliphatic carbocycles. The van der Waals surface area contributed by atoms with E-state index in [-0.39, 0.29) is 29.5 Å². The van der Waals surface area contributed by atoms with Crippen LogP contribution in [0.4, 0.5) is 9.18 Å². The number of carbonyl (C=O) groups is 1. The Hall–Kier alpha value is -2.40. The average Bonchev–Trinajstić information content (AvgIpc) is 2.98. The summed E-state index contributed by atoms with van der Waals surface area (Å²) >= 11 is 0. The van der Waals surface area contributed by atoms with Gasteiger partial charge in [-0.3, -0.25) is 4.90 Å². The normalized spacial score (nSPS) is 28.8. The highest BCUT2D eigenvalue weighted by Crippen LogP contribution is 2.46. The summed E-state index contributed by atoms with van der Waals surface area (Å²) in [6.45, 7) is 7.41. The van der Waals surface area contributed by atoms with E-state index in [0.717, 1.165) is 50.0 Å². The highest BCUT2D eigenvalue weighted by Gasteiger charge is 2.42. The third kappa shape index (κ3) is 3.49. The lowest BCUT2D eigenvalue weighted by Gasteiger charge is -2.44. The Balaban J connectivity index is 1.37. The van der Waals surface area contributed by atoms with Crippen LogP contribution >= 0.6 is 0 Å². The van der Waals surface area contributed by atoms with E-state index >= 15 is 0 Å². The van der Waals surface area contributed by atoms with E-state index in [2.05, 4.69) is 30.1 Å². The molecule has 4 nitrogen and oxygen atoms in total. The molecule has 1 unspecified atom stereocenters. The third-order valence-electron chi connectivity index (χ3n) is 7.19. The molecule has 2 atom stereocenters. The molecule has 158 valence electrons. The van der Waals surface area contributed by atoms with Crippen molar-refractivity contribution in [2.24, 2.45) is 11.3 Å². The zero-order chi connectivity index (χ0) is 20.9. The molecular weight excluding hydrogens is 379 g/mol. The van der Waals surface area contributed by atoms with E-state index in [1.807, 2.05) is 18.2 Å². The summed E-state index contributed by atoms with van der Waals surface area (Å²) in [4.78, 5) is 15.2. The van der Waals surface area contributed by atoms with Crippen molar-refractivity contribution in [1.82, 2.24) is 10.2 Å². The minimum absolute atomic E-state index is 0.0127. The van der Waals surface area contributed by atoms with E-state index in [9.17, 15) is 9.18 Å². The minimum Gasteiger partial charge on any atom is -0.445 e. The van der Waals surface area contributed by atoms with Gasteiger partial charge in [0, 0.05) is 12.1 Å². The minimum atomic E-state index is -0.337. The molecule has 6 rings (SSSR count). The molecule has 0 spiro atoms. The lowest BCUT2D eigenvalue weighted by Crippen LogP contribution is -2.53. The Morgan fingerprint density at radius 2 is 1.93 bits per heavy atom. The van der Waals surface area contributed by atoms with Gasteiger partial charge in [-0.25, -0.2) is 9.18 Å². The fourth-order valence-electron chi connectivity index (χ4n) is 5.51. The number of fused-ring (bicyclic) bond motifs is 4. The zero-order valence-corrected chi connectivity index (χ0v) is 17.7. The van der Waals surface area contributed by atoms with Crippen LogP contribution in [0.2, 0.25) is 0 Å². The van der Waals surface area contributed by atoms with Crippen LogP contribution in [0.25, 0.3) is 11.1 Å². The third-order valence-corrected chi connectivity index (χ3v) is 7.19. The highest BCUT2D eigenvalue weighted by atomic mass is 19.1. The van der Waals surface area contributed by atoms with Gasteiger partial charge >= 0.3 is 6.09 Å². The van der Waals surface area contributed by atoms with E-state index in [1.54, 1.807) is 12.1 Å². The first kappa shape index (κ1) is 19.6. The Labute approximate surface area is 177 Å². The summed E-state index contributed by atoms with van der Waals surface area (Å²) in [7, 11) is 0. The number of hydrogen-bond acceptors (Lipinski definition) is 3. The van der Waals surface area contributed by atoms with Gasteiger partial charge in [-0.05, 0) is 72.5 Å². The number of piperidine rings is 3. The second kappa shape index (κ2) is 7.38. The van der Waals surface area contributed by atoms with E-state index in [0.29, 0.717) is 11.5 Å². The Morgan fingerprint density at radius 3 is 2.63 bits per heavy atom. The predicted molar refractivity (Wildman–Crippen MR) is 115 cm³/mol. The molecule has 2 bridgehead atoms. The second-order valence-corrected chi connectivity index (χ2v) is 9.72. The van der Waals surface area contributed by atoms with Crippen molar-refractivity contribution < 1.29 is 13.9 Å². The summed E-state index contributed by atoms with van der Waals surface area (Å²) in [5.74, 6) is 0.248. The fraction of sp³-hybridized carbons (Fsp3) is 0.480. The first-order valence-corrected chi connectivity index (χ1v) is 11.0. The van der Waals surface area contributed by atoms with Crippen LogP contribution in [0.3, 0.4) is 0 Å². The van der Waals surface area contributed by atoms with Gasteiger partial charge in [-0.1, -0.05) is 44.2 Å². The molecule has 4 aliphatic rings. The molecule has 0 saturated carbocycles. The van der Waals surface area contributed by atoms with Crippen molar-refractivity contribution in [2.45, 2.75) is 45.3 Å². The number of benzene rings is 2. The van der Waals surface area contributed by atoms with Gasteiger partial charge in [-0.2, -0.15) is 0 Å². The highest BCUT2D eigenvalue weighted by molar-refractivity contribution is 5.70. The number of hydrogen-bond donors (Lipinski definition) is 1. The molecular formula is C25H29FN2O2. The van der Waals surface area contributed by atoms with Crippen molar-refractivity contribution in [2.75, 3.05) is 19.6 Å². The Bertz CT molecular complexity index is 965. The molecule has 5 heteroatoms. The summed E-state index contributed by atoms with van der Waals surface area (Å²) in [5, 5.41) is 3.15. The van der Waals surface area contributed by atoms with E-state index in [4.69, 9.17) is 4.74 Å². The van der Waals surface area contributed by atoms with Crippen molar-refractivity contribution >= 4 is 6.09 Å². The molecule has 3 heterocycles. The van der Waals surface area contributed by atoms with E-state index < -0.39 is 0 Å². The molecule has 2 aromatic rings. The van der Waals surface area contributed by atoms with Gasteiger partial charge in [0.2, 0.25) is 0 Å². The molecule has 3 aliphatic heterocycles. The van der Waals surface area contributed by atoms with Gasteiger partial charge in [0.05, 0.1) is 6.04 Å². The number of alkyl carbamates (subject to hydrolysis) is 1. The van der Waals surface area contributed by atoms with Crippen LogP contribution in [-0.2, 0) is 11.2 Å². The fourth-order valence-corrected chi connectivity index (χ4v) is 5.51. The largest absolute Gasteiger partial charge is 0.445 e. The smallest absolute Gasteiger partial charge is 0.407 e. The van der Waals surface area contributed by atoms with Crippen LogP contribution in [0, 0.1) is 17.2 Å². The second-order valence-electron chi connectivity index (χ2n) is 9.72. The molecule has 3 saturated heterocycles.